The van der Waals surface area contributed by atoms with E-state index in [0.29, 0.717) is 18.3 Å². The van der Waals surface area contributed by atoms with Gasteiger partial charge in [0.15, 0.2) is 11.6 Å². The van der Waals surface area contributed by atoms with Gasteiger partial charge in [-0.05, 0) is 43.7 Å². The van der Waals surface area contributed by atoms with Crippen molar-refractivity contribution in [2.75, 3.05) is 31.0 Å². The highest BCUT2D eigenvalue weighted by atomic mass is 16.5. The summed E-state index contributed by atoms with van der Waals surface area (Å²) in [5.74, 6) is 2.76. The van der Waals surface area contributed by atoms with Crippen molar-refractivity contribution in [1.82, 2.24) is 15.0 Å². The Morgan fingerprint density at radius 1 is 1.21 bits per heavy atom. The second kappa shape index (κ2) is 7.34. The number of ether oxygens (including phenoxy) is 2. The van der Waals surface area contributed by atoms with Gasteiger partial charge < -0.3 is 19.7 Å². The normalized spacial score (nSPS) is 15.6. The summed E-state index contributed by atoms with van der Waals surface area (Å²) in [5.41, 5.74) is 3.88. The highest BCUT2D eigenvalue weighted by Gasteiger charge is 2.23. The van der Waals surface area contributed by atoms with Gasteiger partial charge in [-0.25, -0.2) is 4.98 Å². The quantitative estimate of drug-likeness (QED) is 0.741. The lowest BCUT2D eigenvalue weighted by Gasteiger charge is -2.32. The zero-order valence-electron chi connectivity index (χ0n) is 16.4. The Morgan fingerprint density at radius 2 is 2.07 bits per heavy atom. The van der Waals surface area contributed by atoms with E-state index in [2.05, 4.69) is 32.1 Å². The monoisotopic (exact) mass is 377 g/mol. The van der Waals surface area contributed by atoms with E-state index in [1.165, 1.54) is 0 Å². The summed E-state index contributed by atoms with van der Waals surface area (Å²) in [6.07, 6.45) is 3.51. The molecule has 0 spiro atoms. The van der Waals surface area contributed by atoms with Gasteiger partial charge in [-0.2, -0.15) is 4.98 Å². The van der Waals surface area contributed by atoms with Crippen LogP contribution in [-0.4, -0.2) is 41.8 Å². The van der Waals surface area contributed by atoms with Crippen LogP contribution in [0.25, 0.3) is 11.1 Å². The second-order valence-corrected chi connectivity index (χ2v) is 6.88. The van der Waals surface area contributed by atoms with Gasteiger partial charge in [-0.1, -0.05) is 0 Å². The zero-order chi connectivity index (χ0) is 19.7. The van der Waals surface area contributed by atoms with Gasteiger partial charge in [0.25, 0.3) is 0 Å². The molecule has 7 heteroatoms. The molecule has 0 radical (unpaired) electrons. The minimum Gasteiger partial charge on any atom is -0.496 e. The third kappa shape index (κ3) is 3.43. The number of fused-ring (bicyclic) bond motifs is 1. The van der Waals surface area contributed by atoms with Crippen molar-refractivity contribution in [3.05, 3.63) is 48.4 Å². The van der Waals surface area contributed by atoms with E-state index in [1.807, 2.05) is 44.3 Å². The molecule has 1 aliphatic rings. The van der Waals surface area contributed by atoms with Crippen LogP contribution in [0, 0.1) is 6.92 Å². The molecule has 0 aliphatic carbocycles. The number of nitrogens with one attached hydrogen (secondary N) is 1. The fourth-order valence-corrected chi connectivity index (χ4v) is 3.16. The minimum atomic E-state index is 0.262. The second-order valence-electron chi connectivity index (χ2n) is 6.88. The van der Waals surface area contributed by atoms with Crippen molar-refractivity contribution >= 4 is 17.5 Å². The van der Waals surface area contributed by atoms with Gasteiger partial charge in [0.05, 0.1) is 19.3 Å². The van der Waals surface area contributed by atoms with Gasteiger partial charge in [0.2, 0.25) is 5.95 Å². The third-order valence-corrected chi connectivity index (χ3v) is 4.88. The molecule has 0 saturated carbocycles. The van der Waals surface area contributed by atoms with Gasteiger partial charge in [0.1, 0.15) is 12.4 Å². The highest BCUT2D eigenvalue weighted by Crippen LogP contribution is 2.34. The van der Waals surface area contributed by atoms with E-state index in [4.69, 9.17) is 9.47 Å². The molecule has 0 bridgehead atoms. The molecule has 3 heterocycles. The SMILES string of the molecule is COc1cc(Nc2ncc3c(n2)N(C)C(C)CO3)ccc1-c1ccnc(C)c1. The van der Waals surface area contributed by atoms with Crippen molar-refractivity contribution in [3.63, 3.8) is 0 Å². The van der Waals surface area contributed by atoms with Crippen LogP contribution >= 0.6 is 0 Å². The average molecular weight is 377 g/mol. The molecule has 1 unspecified atom stereocenters. The molecule has 1 N–H and O–H groups in total. The van der Waals surface area contributed by atoms with E-state index < -0.39 is 0 Å². The van der Waals surface area contributed by atoms with Crippen molar-refractivity contribution in [1.29, 1.82) is 0 Å². The number of benzene rings is 1. The molecule has 0 fully saturated rings. The predicted molar refractivity (Wildman–Crippen MR) is 110 cm³/mol. The maximum Gasteiger partial charge on any atom is 0.229 e. The van der Waals surface area contributed by atoms with Crippen LogP contribution in [0.5, 0.6) is 11.5 Å². The fourth-order valence-electron chi connectivity index (χ4n) is 3.16. The Hall–Kier alpha value is -3.35. The number of methoxy groups -OCH3 is 1. The van der Waals surface area contributed by atoms with E-state index >= 15 is 0 Å². The number of hydrogen-bond acceptors (Lipinski definition) is 7. The molecular formula is C21H23N5O2. The molecular weight excluding hydrogens is 354 g/mol. The van der Waals surface area contributed by atoms with Crippen LogP contribution < -0.4 is 19.7 Å². The van der Waals surface area contributed by atoms with Gasteiger partial charge in [-0.15, -0.1) is 0 Å². The molecule has 1 aliphatic heterocycles. The number of pyridine rings is 1. The first-order valence-electron chi connectivity index (χ1n) is 9.16. The Bertz CT molecular complexity index is 1010. The maximum absolute atomic E-state index is 5.70. The van der Waals surface area contributed by atoms with Crippen LogP contribution in [0.15, 0.2) is 42.7 Å². The van der Waals surface area contributed by atoms with Crippen LogP contribution in [0.4, 0.5) is 17.5 Å². The molecule has 0 amide bonds. The lowest BCUT2D eigenvalue weighted by Crippen LogP contribution is -2.38. The number of nitrogens with zero attached hydrogens (tertiary/aromatic N) is 4. The third-order valence-electron chi connectivity index (χ3n) is 4.88. The maximum atomic E-state index is 5.70. The topological polar surface area (TPSA) is 72.4 Å². The average Bonchev–Trinajstić information content (AvgIpc) is 2.71. The lowest BCUT2D eigenvalue weighted by molar-refractivity contribution is 0.271. The van der Waals surface area contributed by atoms with Crippen LogP contribution in [0.1, 0.15) is 12.6 Å². The lowest BCUT2D eigenvalue weighted by atomic mass is 10.0. The number of aromatic nitrogens is 3. The summed E-state index contributed by atoms with van der Waals surface area (Å²) in [6, 6.07) is 10.2. The Kier molecular flexibility index (Phi) is 4.73. The smallest absolute Gasteiger partial charge is 0.229 e. The number of aryl methyl sites for hydroxylation is 1. The van der Waals surface area contributed by atoms with Crippen LogP contribution in [-0.2, 0) is 0 Å². The summed E-state index contributed by atoms with van der Waals surface area (Å²) in [4.78, 5) is 15.3. The Labute approximate surface area is 164 Å². The van der Waals surface area contributed by atoms with Crippen LogP contribution in [0.2, 0.25) is 0 Å². The highest BCUT2D eigenvalue weighted by molar-refractivity contribution is 5.74. The zero-order valence-corrected chi connectivity index (χ0v) is 16.4. The van der Waals surface area contributed by atoms with Crippen molar-refractivity contribution in [3.8, 4) is 22.6 Å². The number of anilines is 3. The van der Waals surface area contributed by atoms with Gasteiger partial charge >= 0.3 is 0 Å². The molecule has 1 aromatic carbocycles. The summed E-state index contributed by atoms with van der Waals surface area (Å²) in [5, 5.41) is 3.26. The Balaban J connectivity index is 1.62. The van der Waals surface area contributed by atoms with Crippen molar-refractivity contribution < 1.29 is 9.47 Å². The summed E-state index contributed by atoms with van der Waals surface area (Å²) in [6.45, 7) is 4.70. The molecule has 1 atom stereocenters. The molecule has 0 saturated heterocycles. The molecule has 28 heavy (non-hydrogen) atoms. The first-order chi connectivity index (χ1) is 13.5. The standard InChI is InChI=1S/C21H23N5O2/c1-13-9-15(7-8-22-13)17-6-5-16(10-18(17)27-4)24-21-23-11-19-20(25-21)26(3)14(2)12-28-19/h5-11,14H,12H2,1-4H3,(H,23,24,25). The van der Waals surface area contributed by atoms with E-state index in [0.717, 1.165) is 34.1 Å². The molecule has 144 valence electrons. The van der Waals surface area contributed by atoms with Gasteiger partial charge in [0, 0.05) is 36.3 Å². The van der Waals surface area contributed by atoms with Crippen molar-refractivity contribution in [2.24, 2.45) is 0 Å². The largest absolute Gasteiger partial charge is 0.496 e. The fraction of sp³-hybridized carbons (Fsp3) is 0.286. The molecule has 2 aromatic heterocycles. The minimum absolute atomic E-state index is 0.262. The first-order valence-corrected chi connectivity index (χ1v) is 9.16. The van der Waals surface area contributed by atoms with Crippen LogP contribution in [0.3, 0.4) is 0 Å². The van der Waals surface area contributed by atoms with E-state index in [1.54, 1.807) is 19.5 Å². The van der Waals surface area contributed by atoms with E-state index in [-0.39, 0.29) is 6.04 Å². The van der Waals surface area contributed by atoms with E-state index in [9.17, 15) is 0 Å². The summed E-state index contributed by atoms with van der Waals surface area (Å²) < 4.78 is 11.3. The Morgan fingerprint density at radius 3 is 2.86 bits per heavy atom. The summed E-state index contributed by atoms with van der Waals surface area (Å²) >= 11 is 0. The summed E-state index contributed by atoms with van der Waals surface area (Å²) in [7, 11) is 3.68. The van der Waals surface area contributed by atoms with Gasteiger partial charge in [-0.3, -0.25) is 4.98 Å². The molecule has 4 rings (SSSR count). The number of likely N-dealkylation sites (N-methyl/N-ethyl adjacent to an activating group) is 1. The number of rotatable bonds is 4. The predicted octanol–water partition coefficient (Wildman–Crippen LogP) is 3.82. The number of hydrogen-bond donors (Lipinski definition) is 1. The van der Waals surface area contributed by atoms with Crippen molar-refractivity contribution in [2.45, 2.75) is 19.9 Å². The first kappa shape index (κ1) is 18.0. The molecule has 3 aromatic rings. The molecule has 7 nitrogen and oxygen atoms in total.